The zero-order chi connectivity index (χ0) is 25.8. The van der Waals surface area contributed by atoms with E-state index in [0.29, 0.717) is 30.2 Å². The molecule has 1 unspecified atom stereocenters. The van der Waals surface area contributed by atoms with Gasteiger partial charge in [0.25, 0.3) is 5.56 Å². The van der Waals surface area contributed by atoms with Crippen molar-refractivity contribution in [2.75, 3.05) is 29.2 Å². The Bertz CT molecular complexity index is 1360. The molecule has 1 saturated heterocycles. The van der Waals surface area contributed by atoms with Gasteiger partial charge in [-0.3, -0.25) is 28.8 Å². The molecule has 0 spiro atoms. The van der Waals surface area contributed by atoms with Crippen molar-refractivity contribution in [1.29, 1.82) is 0 Å². The molecule has 2 aromatic heterocycles. The largest absolute Gasteiger partial charge is 0.497 e. The van der Waals surface area contributed by atoms with Crippen molar-refractivity contribution in [1.82, 2.24) is 9.55 Å². The number of unbranched alkanes of at least 4 members (excludes halogenated alkanes) is 1. The van der Waals surface area contributed by atoms with Crippen LogP contribution in [0.2, 0.25) is 0 Å². The van der Waals surface area contributed by atoms with Crippen molar-refractivity contribution < 1.29 is 18.7 Å². The summed E-state index contributed by atoms with van der Waals surface area (Å²) in [6.45, 7) is 2.28. The van der Waals surface area contributed by atoms with Gasteiger partial charge < -0.3 is 19.8 Å². The number of benzene rings is 1. The van der Waals surface area contributed by atoms with E-state index in [1.54, 1.807) is 36.4 Å². The standard InChI is InChI=1S/C25H29N5O6/c1-3-4-10-28-22(26)21(23(32)27-25(28)34)30(15-19-9-6-11-36-19)24(33)16-12-20(31)29(14-16)17-7-5-8-18(13-17)35-2/h5-9,11,13,16H,3-4,10,12,14-15,26H2,1-2H3,(H,27,32,34). The molecule has 190 valence electrons. The maximum Gasteiger partial charge on any atom is 0.330 e. The highest BCUT2D eigenvalue weighted by molar-refractivity contribution is 6.05. The number of ether oxygens (including phenoxy) is 1. The van der Waals surface area contributed by atoms with Crippen LogP contribution in [0.3, 0.4) is 0 Å². The van der Waals surface area contributed by atoms with Gasteiger partial charge in [-0.15, -0.1) is 0 Å². The number of aromatic amines is 1. The molecule has 1 atom stereocenters. The fourth-order valence-corrected chi connectivity index (χ4v) is 4.32. The van der Waals surface area contributed by atoms with E-state index in [1.165, 1.54) is 27.7 Å². The first kappa shape index (κ1) is 24.8. The molecule has 36 heavy (non-hydrogen) atoms. The lowest BCUT2D eigenvalue weighted by Crippen LogP contribution is -2.43. The lowest BCUT2D eigenvalue weighted by molar-refractivity contribution is -0.124. The summed E-state index contributed by atoms with van der Waals surface area (Å²) in [6.07, 6.45) is 2.88. The number of methoxy groups -OCH3 is 1. The zero-order valence-electron chi connectivity index (χ0n) is 20.2. The van der Waals surface area contributed by atoms with Crippen molar-refractivity contribution in [2.45, 2.75) is 39.3 Å². The van der Waals surface area contributed by atoms with E-state index in [2.05, 4.69) is 4.98 Å². The number of nitrogens with one attached hydrogen (secondary N) is 1. The predicted octanol–water partition coefficient (Wildman–Crippen LogP) is 2.11. The highest BCUT2D eigenvalue weighted by atomic mass is 16.5. The number of hydrogen-bond donors (Lipinski definition) is 2. The second-order valence-electron chi connectivity index (χ2n) is 8.61. The first-order chi connectivity index (χ1) is 17.3. The number of H-pyrrole nitrogens is 1. The Morgan fingerprint density at radius 2 is 2.06 bits per heavy atom. The Kier molecular flexibility index (Phi) is 7.28. The van der Waals surface area contributed by atoms with Crippen molar-refractivity contribution in [2.24, 2.45) is 5.92 Å². The molecule has 3 N–H and O–H groups in total. The van der Waals surface area contributed by atoms with Crippen LogP contribution in [0.15, 0.2) is 56.7 Å². The van der Waals surface area contributed by atoms with Crippen molar-refractivity contribution in [3.05, 3.63) is 69.3 Å². The predicted molar refractivity (Wildman–Crippen MR) is 134 cm³/mol. The van der Waals surface area contributed by atoms with Gasteiger partial charge in [0.1, 0.15) is 17.3 Å². The molecule has 1 aromatic carbocycles. The third-order valence-corrected chi connectivity index (χ3v) is 6.22. The Morgan fingerprint density at radius 1 is 1.25 bits per heavy atom. The van der Waals surface area contributed by atoms with Gasteiger partial charge in [-0.2, -0.15) is 0 Å². The molecule has 4 rings (SSSR count). The molecule has 0 bridgehead atoms. The summed E-state index contributed by atoms with van der Waals surface area (Å²) >= 11 is 0. The smallest absolute Gasteiger partial charge is 0.330 e. The Balaban J connectivity index is 1.70. The third-order valence-electron chi connectivity index (χ3n) is 6.22. The van der Waals surface area contributed by atoms with E-state index in [9.17, 15) is 19.2 Å². The van der Waals surface area contributed by atoms with Gasteiger partial charge in [-0.1, -0.05) is 19.4 Å². The summed E-state index contributed by atoms with van der Waals surface area (Å²) in [6, 6.07) is 10.3. The molecule has 2 amide bonds. The quantitative estimate of drug-likeness (QED) is 0.463. The number of aromatic nitrogens is 2. The van der Waals surface area contributed by atoms with E-state index in [0.717, 1.165) is 6.42 Å². The number of furan rings is 1. The van der Waals surface area contributed by atoms with Gasteiger partial charge in [-0.25, -0.2) is 4.79 Å². The molecule has 1 aliphatic rings. The molecule has 11 nitrogen and oxygen atoms in total. The van der Waals surface area contributed by atoms with E-state index in [4.69, 9.17) is 14.9 Å². The summed E-state index contributed by atoms with van der Waals surface area (Å²) in [5.41, 5.74) is 5.35. The summed E-state index contributed by atoms with van der Waals surface area (Å²) in [4.78, 5) is 57.1. The minimum atomic E-state index is -0.779. The highest BCUT2D eigenvalue weighted by Crippen LogP contribution is 2.31. The summed E-state index contributed by atoms with van der Waals surface area (Å²) < 4.78 is 11.9. The molecule has 3 heterocycles. The van der Waals surface area contributed by atoms with Crippen molar-refractivity contribution in [3.8, 4) is 5.75 Å². The molecular formula is C25H29N5O6. The Morgan fingerprint density at radius 3 is 2.75 bits per heavy atom. The van der Waals surface area contributed by atoms with Crippen molar-refractivity contribution >= 4 is 29.0 Å². The highest BCUT2D eigenvalue weighted by Gasteiger charge is 2.39. The monoisotopic (exact) mass is 495 g/mol. The fraction of sp³-hybridized carbons (Fsp3) is 0.360. The molecule has 1 fully saturated rings. The summed E-state index contributed by atoms with van der Waals surface area (Å²) in [5, 5.41) is 0. The van der Waals surface area contributed by atoms with Crippen LogP contribution in [0.25, 0.3) is 0 Å². The second kappa shape index (κ2) is 10.5. The third kappa shape index (κ3) is 4.90. The van der Waals surface area contributed by atoms with Gasteiger partial charge in [0.15, 0.2) is 5.69 Å². The topological polar surface area (TPSA) is 144 Å². The lowest BCUT2D eigenvalue weighted by atomic mass is 10.1. The normalized spacial score (nSPS) is 15.3. The average Bonchev–Trinajstić information content (AvgIpc) is 3.52. The van der Waals surface area contributed by atoms with E-state index < -0.39 is 23.1 Å². The van der Waals surface area contributed by atoms with Gasteiger partial charge >= 0.3 is 5.69 Å². The second-order valence-corrected chi connectivity index (χ2v) is 8.61. The number of hydrogen-bond acceptors (Lipinski definition) is 7. The molecule has 0 saturated carbocycles. The number of rotatable bonds is 9. The molecule has 11 heteroatoms. The number of nitrogens with two attached hydrogens (primary N) is 1. The lowest BCUT2D eigenvalue weighted by Gasteiger charge is -2.26. The maximum absolute atomic E-state index is 13.8. The number of amides is 2. The molecule has 3 aromatic rings. The van der Waals surface area contributed by atoms with Gasteiger partial charge in [0, 0.05) is 31.3 Å². The molecule has 0 radical (unpaired) electrons. The van der Waals surface area contributed by atoms with Crippen LogP contribution in [-0.2, 0) is 22.7 Å². The van der Waals surface area contributed by atoms with E-state index >= 15 is 0 Å². The van der Waals surface area contributed by atoms with Crippen LogP contribution < -0.4 is 31.5 Å². The molecule has 1 aliphatic heterocycles. The number of carbonyl (C=O) groups is 2. The van der Waals surface area contributed by atoms with Crippen LogP contribution in [0.5, 0.6) is 5.75 Å². The number of nitrogens with zero attached hydrogens (tertiary/aromatic N) is 3. The minimum absolute atomic E-state index is 0.0437. The maximum atomic E-state index is 13.8. The van der Waals surface area contributed by atoms with E-state index in [1.807, 2.05) is 6.92 Å². The van der Waals surface area contributed by atoms with Crippen LogP contribution in [0, 0.1) is 5.92 Å². The SMILES string of the molecule is CCCCn1c(N)c(N(Cc2ccco2)C(=O)C2CC(=O)N(c3cccc(OC)c3)C2)c(=O)[nH]c1=O. The van der Waals surface area contributed by atoms with Crippen LogP contribution in [-0.4, -0.2) is 35.0 Å². The number of anilines is 3. The summed E-state index contributed by atoms with van der Waals surface area (Å²) in [5.74, 6) is -0.539. The molecule has 0 aliphatic carbocycles. The molecular weight excluding hydrogens is 466 g/mol. The first-order valence-corrected chi connectivity index (χ1v) is 11.7. The number of carbonyl (C=O) groups excluding carboxylic acids is 2. The van der Waals surface area contributed by atoms with E-state index in [-0.39, 0.29) is 36.9 Å². The Hall–Kier alpha value is -4.28. The van der Waals surface area contributed by atoms with Crippen LogP contribution >= 0.6 is 0 Å². The van der Waals surface area contributed by atoms with Gasteiger partial charge in [-0.05, 0) is 30.7 Å². The van der Waals surface area contributed by atoms with Crippen LogP contribution in [0.4, 0.5) is 17.2 Å². The average molecular weight is 496 g/mol. The fourth-order valence-electron chi connectivity index (χ4n) is 4.32. The Labute approximate surface area is 207 Å². The van der Waals surface area contributed by atoms with Crippen molar-refractivity contribution in [3.63, 3.8) is 0 Å². The zero-order valence-corrected chi connectivity index (χ0v) is 20.2. The minimum Gasteiger partial charge on any atom is -0.497 e. The first-order valence-electron chi connectivity index (χ1n) is 11.7. The van der Waals surface area contributed by atoms with Gasteiger partial charge in [0.2, 0.25) is 11.8 Å². The number of nitrogen functional groups attached to an aromatic ring is 1. The van der Waals surface area contributed by atoms with Gasteiger partial charge in [0.05, 0.1) is 25.8 Å². The van der Waals surface area contributed by atoms with Crippen LogP contribution in [0.1, 0.15) is 31.9 Å². The summed E-state index contributed by atoms with van der Waals surface area (Å²) in [7, 11) is 1.53.